The van der Waals surface area contributed by atoms with Gasteiger partial charge in [0.1, 0.15) is 10.8 Å². The van der Waals surface area contributed by atoms with Crippen LogP contribution in [-0.2, 0) is 10.4 Å². The average molecular weight is 344 g/mol. The molecule has 3 heterocycles. The fourth-order valence-corrected chi connectivity index (χ4v) is 2.61. The Morgan fingerprint density at radius 1 is 1.43 bits per heavy atom. The van der Waals surface area contributed by atoms with Crippen LogP contribution in [0.4, 0.5) is 8.78 Å². The van der Waals surface area contributed by atoms with Gasteiger partial charge in [-0.15, -0.1) is 5.10 Å². The van der Waals surface area contributed by atoms with Gasteiger partial charge in [0.05, 0.1) is 6.20 Å². The lowest BCUT2D eigenvalue weighted by Crippen LogP contribution is -2.36. The van der Waals surface area contributed by atoms with Gasteiger partial charge in [-0.3, -0.25) is 4.79 Å². The fraction of sp³-hybridized carbons (Fsp3) is 0.385. The average Bonchev–Trinajstić information content (AvgIpc) is 3.09. The second kappa shape index (κ2) is 5.50. The largest absolute Gasteiger partial charge is 0.374 e. The Balaban J connectivity index is 1.98. The van der Waals surface area contributed by atoms with Gasteiger partial charge >= 0.3 is 0 Å². The molecule has 2 aromatic heterocycles. The Labute approximate surface area is 134 Å². The summed E-state index contributed by atoms with van der Waals surface area (Å²) < 4.78 is 26.7. The van der Waals surface area contributed by atoms with Crippen LogP contribution in [0, 0.1) is 0 Å². The van der Waals surface area contributed by atoms with Crippen molar-refractivity contribution in [2.75, 3.05) is 13.6 Å². The smallest absolute Gasteiger partial charge is 0.264 e. The van der Waals surface area contributed by atoms with Crippen molar-refractivity contribution in [3.63, 3.8) is 0 Å². The lowest BCUT2D eigenvalue weighted by atomic mass is 9.99. The van der Waals surface area contributed by atoms with Crippen molar-refractivity contribution < 1.29 is 18.7 Å². The number of carbonyl (C=O) groups excluding carboxylic acids is 1. The quantitative estimate of drug-likeness (QED) is 0.849. The summed E-state index contributed by atoms with van der Waals surface area (Å²) in [5.41, 5.74) is -2.04. The van der Waals surface area contributed by atoms with E-state index in [1.165, 1.54) is 11.1 Å². The Kier molecular flexibility index (Phi) is 3.77. The van der Waals surface area contributed by atoms with Crippen molar-refractivity contribution >= 4 is 17.5 Å². The maximum absolute atomic E-state index is 12.8. The molecule has 1 saturated heterocycles. The molecule has 0 bridgehead atoms. The van der Waals surface area contributed by atoms with Crippen LogP contribution in [-0.4, -0.2) is 49.5 Å². The normalized spacial score (nSPS) is 21.5. The third-order valence-electron chi connectivity index (χ3n) is 3.72. The summed E-state index contributed by atoms with van der Waals surface area (Å²) in [7, 11) is 1.57. The first-order valence-corrected chi connectivity index (χ1v) is 7.06. The Morgan fingerprint density at radius 2 is 2.17 bits per heavy atom. The molecular weight excluding hydrogens is 332 g/mol. The van der Waals surface area contributed by atoms with E-state index in [1.54, 1.807) is 7.05 Å². The summed E-state index contributed by atoms with van der Waals surface area (Å²) in [6, 6.07) is 2.16. The summed E-state index contributed by atoms with van der Waals surface area (Å²) in [5.74, 6) is -0.467. The Hall–Kier alpha value is -2.13. The van der Waals surface area contributed by atoms with Crippen LogP contribution in [0.15, 0.2) is 18.3 Å². The number of halogens is 3. The predicted octanol–water partition coefficient (Wildman–Crippen LogP) is 1.30. The zero-order chi connectivity index (χ0) is 16.8. The highest BCUT2D eigenvalue weighted by Gasteiger charge is 2.47. The van der Waals surface area contributed by atoms with E-state index in [1.807, 2.05) is 0 Å². The van der Waals surface area contributed by atoms with Gasteiger partial charge in [-0.05, 0) is 12.1 Å². The maximum Gasteiger partial charge on any atom is 0.264 e. The van der Waals surface area contributed by atoms with E-state index in [9.17, 15) is 18.7 Å². The zero-order valence-electron chi connectivity index (χ0n) is 11.9. The van der Waals surface area contributed by atoms with Gasteiger partial charge in [0.25, 0.3) is 12.3 Å². The Morgan fingerprint density at radius 3 is 2.78 bits per heavy atom. The van der Waals surface area contributed by atoms with E-state index in [4.69, 9.17) is 11.6 Å². The number of pyridine rings is 1. The molecule has 23 heavy (non-hydrogen) atoms. The minimum absolute atomic E-state index is 0.0222. The van der Waals surface area contributed by atoms with Crippen LogP contribution in [0.5, 0.6) is 0 Å². The van der Waals surface area contributed by atoms with Crippen molar-refractivity contribution in [3.05, 3.63) is 34.7 Å². The summed E-state index contributed by atoms with van der Waals surface area (Å²) in [5, 5.41) is 17.9. The minimum Gasteiger partial charge on any atom is -0.374 e. The van der Waals surface area contributed by atoms with Gasteiger partial charge in [0, 0.05) is 25.6 Å². The molecule has 0 saturated carbocycles. The fourth-order valence-electron chi connectivity index (χ4n) is 2.40. The number of nitrogens with zero attached hydrogens (tertiary/aromatic N) is 5. The number of likely N-dealkylation sites (N-methyl/N-ethyl adjacent to an activating group) is 1. The Bertz CT molecular complexity index is 769. The topological polar surface area (TPSA) is 84.1 Å². The molecule has 122 valence electrons. The molecule has 7 nitrogen and oxygen atoms in total. The van der Waals surface area contributed by atoms with Crippen molar-refractivity contribution in [3.8, 4) is 5.82 Å². The van der Waals surface area contributed by atoms with E-state index in [0.717, 1.165) is 16.8 Å². The highest BCUT2D eigenvalue weighted by atomic mass is 35.5. The standard InChI is InChI=1S/C13H12ClF2N5O2/c1-20-3-2-13(23,12(20)22)8-6-21(19-18-8)10-5-7(11(15)16)4-9(14)17-10/h4-6,11,23H,2-3H2,1H3/t13-/m1/s1. The molecule has 0 unspecified atom stereocenters. The number of alkyl halides is 2. The molecule has 0 aliphatic carbocycles. The SMILES string of the molecule is CN1CC[C@@](O)(c2cn(-c3cc(C(F)F)cc(Cl)n3)nn2)C1=O. The van der Waals surface area contributed by atoms with Crippen LogP contribution >= 0.6 is 11.6 Å². The summed E-state index contributed by atoms with van der Waals surface area (Å²) >= 11 is 5.73. The molecule has 0 radical (unpaired) electrons. The van der Waals surface area contributed by atoms with Gasteiger partial charge in [0.15, 0.2) is 11.4 Å². The van der Waals surface area contributed by atoms with Crippen molar-refractivity contribution in [2.24, 2.45) is 0 Å². The van der Waals surface area contributed by atoms with E-state index in [2.05, 4.69) is 15.3 Å². The first-order chi connectivity index (χ1) is 10.8. The van der Waals surface area contributed by atoms with E-state index < -0.39 is 17.9 Å². The predicted molar refractivity (Wildman–Crippen MR) is 75.3 cm³/mol. The number of hydrogen-bond acceptors (Lipinski definition) is 5. The molecule has 1 amide bonds. The van der Waals surface area contributed by atoms with E-state index >= 15 is 0 Å². The van der Waals surface area contributed by atoms with Gasteiger partial charge in [-0.2, -0.15) is 0 Å². The molecule has 1 aliphatic rings. The van der Waals surface area contributed by atoms with Gasteiger partial charge < -0.3 is 10.0 Å². The monoisotopic (exact) mass is 343 g/mol. The minimum atomic E-state index is -2.72. The highest BCUT2D eigenvalue weighted by molar-refractivity contribution is 6.29. The molecule has 10 heteroatoms. The van der Waals surface area contributed by atoms with Crippen molar-refractivity contribution in [1.82, 2.24) is 24.9 Å². The van der Waals surface area contributed by atoms with E-state index in [-0.39, 0.29) is 28.6 Å². The van der Waals surface area contributed by atoms with Crippen molar-refractivity contribution in [1.29, 1.82) is 0 Å². The van der Waals surface area contributed by atoms with Gasteiger partial charge in [0.2, 0.25) is 0 Å². The molecule has 3 rings (SSSR count). The van der Waals surface area contributed by atoms with Crippen LogP contribution < -0.4 is 0 Å². The van der Waals surface area contributed by atoms with Gasteiger partial charge in [-0.1, -0.05) is 16.8 Å². The molecule has 1 atom stereocenters. The van der Waals surface area contributed by atoms with Crippen LogP contribution in [0.25, 0.3) is 5.82 Å². The number of rotatable bonds is 3. The number of aromatic nitrogens is 4. The molecule has 0 spiro atoms. The summed E-state index contributed by atoms with van der Waals surface area (Å²) in [6.07, 6.45) is -1.26. The molecule has 1 N–H and O–H groups in total. The number of aliphatic hydroxyl groups is 1. The molecule has 0 aromatic carbocycles. The first-order valence-electron chi connectivity index (χ1n) is 6.68. The second-order valence-electron chi connectivity index (χ2n) is 5.27. The van der Waals surface area contributed by atoms with E-state index in [0.29, 0.717) is 6.54 Å². The lowest BCUT2D eigenvalue weighted by molar-refractivity contribution is -0.143. The third kappa shape index (κ3) is 2.66. The maximum atomic E-state index is 12.8. The van der Waals surface area contributed by atoms with Crippen LogP contribution in [0.1, 0.15) is 24.1 Å². The van der Waals surface area contributed by atoms with Crippen LogP contribution in [0.3, 0.4) is 0 Å². The molecule has 2 aromatic rings. The number of likely N-dealkylation sites (tertiary alicyclic amines) is 1. The number of hydrogen-bond donors (Lipinski definition) is 1. The second-order valence-corrected chi connectivity index (χ2v) is 5.65. The van der Waals surface area contributed by atoms with Gasteiger partial charge in [-0.25, -0.2) is 18.4 Å². The van der Waals surface area contributed by atoms with Crippen molar-refractivity contribution in [2.45, 2.75) is 18.4 Å². The third-order valence-corrected chi connectivity index (χ3v) is 3.91. The molecule has 1 fully saturated rings. The number of carbonyl (C=O) groups is 1. The number of amides is 1. The van der Waals surface area contributed by atoms with Crippen LogP contribution in [0.2, 0.25) is 5.15 Å². The summed E-state index contributed by atoms with van der Waals surface area (Å²) in [4.78, 5) is 17.3. The molecule has 1 aliphatic heterocycles. The summed E-state index contributed by atoms with van der Waals surface area (Å²) in [6.45, 7) is 0.382. The first kappa shape index (κ1) is 15.8. The zero-order valence-corrected chi connectivity index (χ0v) is 12.7. The molecular formula is C13H12ClF2N5O2. The highest BCUT2D eigenvalue weighted by Crippen LogP contribution is 2.31. The lowest BCUT2D eigenvalue weighted by Gasteiger charge is -2.17.